The molecule has 5 heteroatoms. The molecular weight excluding hydrogens is 384 g/mol. The van der Waals surface area contributed by atoms with Gasteiger partial charge in [0, 0.05) is 23.0 Å². The van der Waals surface area contributed by atoms with Crippen molar-refractivity contribution in [3.63, 3.8) is 0 Å². The summed E-state index contributed by atoms with van der Waals surface area (Å²) in [7, 11) is 1.83. The number of carbonyl (C=O) groups excluding carboxylic acids is 1. The molecule has 0 saturated carbocycles. The molecule has 0 aliphatic carbocycles. The first-order valence-corrected chi connectivity index (χ1v) is 9.59. The Morgan fingerprint density at radius 2 is 1.69 bits per heavy atom. The van der Waals surface area contributed by atoms with Gasteiger partial charge in [0.15, 0.2) is 5.43 Å². The van der Waals surface area contributed by atoms with Gasteiger partial charge in [0.2, 0.25) is 0 Å². The molecule has 0 radical (unpaired) electrons. The Labute approximate surface area is 173 Å². The van der Waals surface area contributed by atoms with E-state index in [0.717, 1.165) is 11.1 Å². The molecule has 0 atom stereocenters. The van der Waals surface area contributed by atoms with Gasteiger partial charge in [-0.05, 0) is 48.9 Å². The van der Waals surface area contributed by atoms with Crippen LogP contribution < -0.4 is 10.7 Å². The molecule has 1 heterocycles. The number of anilines is 1. The molecule has 4 rings (SSSR count). The topological polar surface area (TPSA) is 51.1 Å². The van der Waals surface area contributed by atoms with E-state index >= 15 is 0 Å². The summed E-state index contributed by atoms with van der Waals surface area (Å²) in [5.74, 6) is 0.153. The number of pyridine rings is 1. The number of fused-ring (bicyclic) bond motifs is 1. The lowest BCUT2D eigenvalue weighted by molar-refractivity contribution is 0.102. The van der Waals surface area contributed by atoms with Crippen LogP contribution in [0.1, 0.15) is 15.9 Å². The fourth-order valence-electron chi connectivity index (χ4n) is 3.43. The van der Waals surface area contributed by atoms with Gasteiger partial charge in [0.05, 0.1) is 11.1 Å². The molecule has 1 amide bonds. The molecule has 4 nitrogen and oxygen atoms in total. The molecule has 0 aliphatic rings. The van der Waals surface area contributed by atoms with E-state index in [2.05, 4.69) is 5.32 Å². The number of carbonyl (C=O) groups is 1. The predicted octanol–water partition coefficient (Wildman–Crippen LogP) is 5.42. The van der Waals surface area contributed by atoms with Crippen LogP contribution >= 0.6 is 11.6 Å². The lowest BCUT2D eigenvalue weighted by Crippen LogP contribution is -2.21. The van der Waals surface area contributed by atoms with Crippen molar-refractivity contribution in [1.29, 1.82) is 0 Å². The number of amides is 1. The predicted molar refractivity (Wildman–Crippen MR) is 119 cm³/mol. The highest BCUT2D eigenvalue weighted by molar-refractivity contribution is 6.30. The van der Waals surface area contributed by atoms with E-state index in [-0.39, 0.29) is 11.3 Å². The molecule has 0 saturated heterocycles. The fraction of sp³-hybridized carbons (Fsp3) is 0.0833. The number of nitrogens with one attached hydrogen (secondary N) is 1. The Hall–Kier alpha value is -3.37. The summed E-state index contributed by atoms with van der Waals surface area (Å²) in [6.07, 6.45) is 0. The normalized spacial score (nSPS) is 10.9. The minimum atomic E-state index is -0.279. The number of rotatable bonds is 3. The van der Waals surface area contributed by atoms with E-state index in [1.54, 1.807) is 36.4 Å². The molecule has 0 unspecified atom stereocenters. The smallest absolute Gasteiger partial charge is 0.256 e. The Morgan fingerprint density at radius 3 is 2.41 bits per heavy atom. The van der Waals surface area contributed by atoms with Crippen molar-refractivity contribution in [2.45, 2.75) is 6.92 Å². The minimum Gasteiger partial charge on any atom is -0.330 e. The molecule has 3 aromatic carbocycles. The molecule has 1 aromatic heterocycles. The van der Waals surface area contributed by atoms with Crippen molar-refractivity contribution < 1.29 is 4.79 Å². The zero-order chi connectivity index (χ0) is 20.5. The number of hydrogen-bond donors (Lipinski definition) is 1. The van der Waals surface area contributed by atoms with Crippen LogP contribution in [0.3, 0.4) is 0 Å². The zero-order valence-corrected chi connectivity index (χ0v) is 16.8. The van der Waals surface area contributed by atoms with E-state index < -0.39 is 0 Å². The first-order valence-electron chi connectivity index (χ1n) is 9.21. The second-order valence-corrected chi connectivity index (χ2v) is 7.40. The van der Waals surface area contributed by atoms with E-state index in [1.807, 2.05) is 54.9 Å². The summed E-state index contributed by atoms with van der Waals surface area (Å²) in [6, 6.07) is 21.7. The first kappa shape index (κ1) is 19.0. The van der Waals surface area contributed by atoms with Gasteiger partial charge in [-0.3, -0.25) is 9.59 Å². The summed E-state index contributed by atoms with van der Waals surface area (Å²) in [6.45, 7) is 1.96. The Kier molecular flexibility index (Phi) is 4.95. The SMILES string of the molecule is Cc1ccc(C(=O)Nc2c(-c3cccc(Cl)c3)c(=O)c3ccccc3n2C)cc1. The van der Waals surface area contributed by atoms with Gasteiger partial charge < -0.3 is 9.88 Å². The number of nitrogens with zero attached hydrogens (tertiary/aromatic N) is 1. The van der Waals surface area contributed by atoms with Crippen LogP contribution in [0, 0.1) is 6.92 Å². The third kappa shape index (κ3) is 3.55. The van der Waals surface area contributed by atoms with Crippen molar-refractivity contribution in [2.75, 3.05) is 5.32 Å². The van der Waals surface area contributed by atoms with Crippen LogP contribution in [0.2, 0.25) is 5.02 Å². The first-order chi connectivity index (χ1) is 14.0. The highest BCUT2D eigenvalue weighted by Gasteiger charge is 2.19. The van der Waals surface area contributed by atoms with Gasteiger partial charge in [-0.15, -0.1) is 0 Å². The Morgan fingerprint density at radius 1 is 0.966 bits per heavy atom. The molecule has 0 spiro atoms. The van der Waals surface area contributed by atoms with Crippen molar-refractivity contribution in [2.24, 2.45) is 7.05 Å². The van der Waals surface area contributed by atoms with Gasteiger partial charge in [-0.25, -0.2) is 0 Å². The summed E-state index contributed by atoms with van der Waals surface area (Å²) in [4.78, 5) is 26.3. The monoisotopic (exact) mass is 402 g/mol. The average Bonchev–Trinajstić information content (AvgIpc) is 2.72. The molecular formula is C24H19ClN2O2. The van der Waals surface area contributed by atoms with Crippen LogP contribution in [0.15, 0.2) is 77.6 Å². The van der Waals surface area contributed by atoms with E-state index in [1.165, 1.54) is 0 Å². The number of aromatic nitrogens is 1. The van der Waals surface area contributed by atoms with Crippen molar-refractivity contribution in [1.82, 2.24) is 4.57 Å². The second-order valence-electron chi connectivity index (χ2n) is 6.96. The third-order valence-electron chi connectivity index (χ3n) is 4.97. The molecule has 29 heavy (non-hydrogen) atoms. The molecule has 4 aromatic rings. The van der Waals surface area contributed by atoms with Crippen LogP contribution in [0.25, 0.3) is 22.0 Å². The van der Waals surface area contributed by atoms with Crippen molar-refractivity contribution >= 4 is 34.2 Å². The lowest BCUT2D eigenvalue weighted by atomic mass is 10.0. The standard InChI is InChI=1S/C24H19ClN2O2/c1-15-10-12-16(13-11-15)24(29)26-23-21(17-6-5-7-18(25)14-17)22(28)19-8-3-4-9-20(19)27(23)2/h3-14H,1-2H3,(H,26,29). The highest BCUT2D eigenvalue weighted by atomic mass is 35.5. The summed E-state index contributed by atoms with van der Waals surface area (Å²) >= 11 is 6.18. The number of benzene rings is 3. The van der Waals surface area contributed by atoms with Crippen LogP contribution in [-0.2, 0) is 7.05 Å². The van der Waals surface area contributed by atoms with E-state index in [9.17, 15) is 9.59 Å². The Balaban J connectivity index is 1.95. The number of para-hydroxylation sites is 1. The second kappa shape index (κ2) is 7.57. The summed E-state index contributed by atoms with van der Waals surface area (Å²) < 4.78 is 1.83. The maximum Gasteiger partial charge on any atom is 0.256 e. The number of halogens is 1. The van der Waals surface area contributed by atoms with Gasteiger partial charge in [0.25, 0.3) is 5.91 Å². The minimum absolute atomic E-state index is 0.153. The van der Waals surface area contributed by atoms with Crippen molar-refractivity contribution in [3.8, 4) is 11.1 Å². The van der Waals surface area contributed by atoms with Crippen molar-refractivity contribution in [3.05, 3.63) is 99.2 Å². The quantitative estimate of drug-likeness (QED) is 0.497. The van der Waals surface area contributed by atoms with Crippen LogP contribution in [-0.4, -0.2) is 10.5 Å². The molecule has 1 N–H and O–H groups in total. The zero-order valence-electron chi connectivity index (χ0n) is 16.1. The average molecular weight is 403 g/mol. The van der Waals surface area contributed by atoms with E-state index in [0.29, 0.717) is 32.9 Å². The molecule has 0 aliphatic heterocycles. The van der Waals surface area contributed by atoms with Gasteiger partial charge in [0.1, 0.15) is 5.82 Å². The highest BCUT2D eigenvalue weighted by Crippen LogP contribution is 2.30. The number of aryl methyl sites for hydroxylation is 2. The number of hydrogen-bond acceptors (Lipinski definition) is 2. The molecule has 0 bridgehead atoms. The van der Waals surface area contributed by atoms with Gasteiger partial charge >= 0.3 is 0 Å². The van der Waals surface area contributed by atoms with Gasteiger partial charge in [-0.2, -0.15) is 0 Å². The molecule has 0 fully saturated rings. The Bertz CT molecular complexity index is 1290. The fourth-order valence-corrected chi connectivity index (χ4v) is 3.62. The van der Waals surface area contributed by atoms with Gasteiger partial charge in [-0.1, -0.05) is 53.6 Å². The van der Waals surface area contributed by atoms with Crippen LogP contribution in [0.5, 0.6) is 0 Å². The largest absolute Gasteiger partial charge is 0.330 e. The third-order valence-corrected chi connectivity index (χ3v) is 5.20. The van der Waals surface area contributed by atoms with E-state index in [4.69, 9.17) is 11.6 Å². The maximum atomic E-state index is 13.4. The maximum absolute atomic E-state index is 13.4. The lowest BCUT2D eigenvalue weighted by Gasteiger charge is -2.18. The summed E-state index contributed by atoms with van der Waals surface area (Å²) in [5, 5.41) is 4.05. The molecule has 144 valence electrons. The van der Waals surface area contributed by atoms with Crippen LogP contribution in [0.4, 0.5) is 5.82 Å². The summed E-state index contributed by atoms with van der Waals surface area (Å²) in [5.41, 5.74) is 3.24.